The maximum atomic E-state index is 6.09. The highest BCUT2D eigenvalue weighted by Gasteiger charge is 2.12. The van der Waals surface area contributed by atoms with Crippen LogP contribution in [0.4, 0.5) is 0 Å². The Morgan fingerprint density at radius 1 is 1.28 bits per heavy atom. The molecule has 1 heterocycles. The van der Waals surface area contributed by atoms with Crippen LogP contribution in [0.1, 0.15) is 35.5 Å². The summed E-state index contributed by atoms with van der Waals surface area (Å²) in [5.74, 6) is 0.719. The highest BCUT2D eigenvalue weighted by atomic mass is 127. The van der Waals surface area contributed by atoms with Crippen LogP contribution in [0.3, 0.4) is 0 Å². The van der Waals surface area contributed by atoms with Crippen molar-refractivity contribution in [2.24, 2.45) is 12.0 Å². The molecule has 1 aromatic carbocycles. The van der Waals surface area contributed by atoms with E-state index in [9.17, 15) is 0 Å². The van der Waals surface area contributed by atoms with Gasteiger partial charge in [0.05, 0.1) is 21.8 Å². The first-order valence-electron chi connectivity index (χ1n) is 7.74. The van der Waals surface area contributed by atoms with Crippen LogP contribution < -0.4 is 10.6 Å². The number of aryl methyl sites for hydroxylation is 2. The Kier molecular flexibility index (Phi) is 8.50. The van der Waals surface area contributed by atoms with Gasteiger partial charge in [-0.05, 0) is 38.5 Å². The van der Waals surface area contributed by atoms with Gasteiger partial charge in [0.15, 0.2) is 5.96 Å². The summed E-state index contributed by atoms with van der Waals surface area (Å²) in [6, 6.07) is 5.66. The molecule has 138 valence electrons. The molecule has 0 saturated heterocycles. The molecule has 0 amide bonds. The van der Waals surface area contributed by atoms with Crippen molar-refractivity contribution in [1.82, 2.24) is 20.4 Å². The van der Waals surface area contributed by atoms with Gasteiger partial charge < -0.3 is 10.6 Å². The Bertz CT molecular complexity index is 758. The first kappa shape index (κ1) is 22.1. The van der Waals surface area contributed by atoms with E-state index < -0.39 is 0 Å². The lowest BCUT2D eigenvalue weighted by molar-refractivity contribution is 0.684. The second kappa shape index (κ2) is 9.64. The highest BCUT2D eigenvalue weighted by molar-refractivity contribution is 14.0. The minimum absolute atomic E-state index is 0. The molecule has 2 aromatic rings. The van der Waals surface area contributed by atoms with Crippen molar-refractivity contribution in [3.8, 4) is 0 Å². The zero-order chi connectivity index (χ0) is 17.9. The van der Waals surface area contributed by atoms with Gasteiger partial charge in [-0.2, -0.15) is 5.10 Å². The molecule has 1 unspecified atom stereocenters. The van der Waals surface area contributed by atoms with Gasteiger partial charge in [-0.25, -0.2) is 0 Å². The van der Waals surface area contributed by atoms with Gasteiger partial charge in [0.25, 0.3) is 0 Å². The summed E-state index contributed by atoms with van der Waals surface area (Å²) < 4.78 is 1.89. The number of guanidine groups is 1. The fraction of sp³-hybridized carbons (Fsp3) is 0.412. The lowest BCUT2D eigenvalue weighted by Gasteiger charge is -2.19. The first-order chi connectivity index (χ1) is 11.3. The fourth-order valence-electron chi connectivity index (χ4n) is 2.51. The van der Waals surface area contributed by atoms with E-state index >= 15 is 0 Å². The van der Waals surface area contributed by atoms with Crippen molar-refractivity contribution in [3.63, 3.8) is 0 Å². The molecule has 0 aliphatic heterocycles. The van der Waals surface area contributed by atoms with Gasteiger partial charge in [0.2, 0.25) is 0 Å². The second-order valence-electron chi connectivity index (χ2n) is 5.74. The Balaban J connectivity index is 0.00000312. The predicted molar refractivity (Wildman–Crippen MR) is 116 cm³/mol. The Labute approximate surface area is 176 Å². The lowest BCUT2D eigenvalue weighted by Crippen LogP contribution is -2.38. The van der Waals surface area contributed by atoms with Gasteiger partial charge in [-0.1, -0.05) is 29.3 Å². The van der Waals surface area contributed by atoms with Gasteiger partial charge in [-0.15, -0.1) is 24.0 Å². The van der Waals surface area contributed by atoms with Crippen LogP contribution in [-0.2, 0) is 13.6 Å². The largest absolute Gasteiger partial charge is 0.352 e. The van der Waals surface area contributed by atoms with Crippen LogP contribution >= 0.6 is 47.2 Å². The number of nitrogens with zero attached hydrogens (tertiary/aromatic N) is 3. The Morgan fingerprint density at radius 3 is 2.48 bits per heavy atom. The zero-order valence-electron chi connectivity index (χ0n) is 15.0. The normalized spacial score (nSPS) is 12.5. The number of aliphatic imine (C=N–C) groups is 1. The van der Waals surface area contributed by atoms with Crippen LogP contribution in [-0.4, -0.2) is 22.8 Å². The average Bonchev–Trinajstić information content (AvgIpc) is 2.79. The van der Waals surface area contributed by atoms with E-state index in [2.05, 4.69) is 27.6 Å². The van der Waals surface area contributed by atoms with Crippen LogP contribution in [0, 0.1) is 13.8 Å². The lowest BCUT2D eigenvalue weighted by atomic mass is 10.1. The maximum Gasteiger partial charge on any atom is 0.191 e. The molecular formula is C17H24Cl2IN5. The van der Waals surface area contributed by atoms with E-state index in [0.29, 0.717) is 16.6 Å². The minimum Gasteiger partial charge on any atom is -0.352 e. The number of benzene rings is 1. The molecule has 8 heteroatoms. The van der Waals surface area contributed by atoms with Crippen LogP contribution in [0.2, 0.25) is 10.0 Å². The molecule has 0 bridgehead atoms. The Morgan fingerprint density at radius 2 is 1.96 bits per heavy atom. The zero-order valence-corrected chi connectivity index (χ0v) is 18.9. The van der Waals surface area contributed by atoms with Crippen molar-refractivity contribution in [2.75, 3.05) is 7.05 Å². The molecule has 0 aliphatic rings. The van der Waals surface area contributed by atoms with Gasteiger partial charge in [0, 0.05) is 31.9 Å². The van der Waals surface area contributed by atoms with Crippen molar-refractivity contribution in [1.29, 1.82) is 0 Å². The summed E-state index contributed by atoms with van der Waals surface area (Å²) in [6.07, 6.45) is 0. The third-order valence-corrected chi connectivity index (χ3v) is 4.85. The highest BCUT2D eigenvalue weighted by Crippen LogP contribution is 2.25. The third kappa shape index (κ3) is 5.49. The SMILES string of the molecule is CN=C(NCc1c(C)nn(C)c1C)NC(C)c1ccc(Cl)c(Cl)c1.I. The molecule has 1 atom stereocenters. The van der Waals surface area contributed by atoms with E-state index in [4.69, 9.17) is 23.2 Å². The number of halogens is 3. The molecule has 0 saturated carbocycles. The number of aromatic nitrogens is 2. The monoisotopic (exact) mass is 495 g/mol. The molecule has 2 N–H and O–H groups in total. The summed E-state index contributed by atoms with van der Waals surface area (Å²) in [5, 5.41) is 12.2. The smallest absolute Gasteiger partial charge is 0.191 e. The number of rotatable bonds is 4. The van der Waals surface area contributed by atoms with E-state index in [0.717, 1.165) is 22.9 Å². The first-order valence-corrected chi connectivity index (χ1v) is 8.50. The van der Waals surface area contributed by atoms with Gasteiger partial charge >= 0.3 is 0 Å². The van der Waals surface area contributed by atoms with Gasteiger partial charge in [0.1, 0.15) is 0 Å². The van der Waals surface area contributed by atoms with Crippen molar-refractivity contribution in [2.45, 2.75) is 33.4 Å². The topological polar surface area (TPSA) is 54.2 Å². The molecular weight excluding hydrogens is 472 g/mol. The fourth-order valence-corrected chi connectivity index (χ4v) is 2.82. The van der Waals surface area contributed by atoms with Gasteiger partial charge in [-0.3, -0.25) is 9.67 Å². The molecule has 2 rings (SSSR count). The minimum atomic E-state index is 0. The number of hydrogen-bond acceptors (Lipinski definition) is 2. The maximum absolute atomic E-state index is 6.09. The summed E-state index contributed by atoms with van der Waals surface area (Å²) in [5.41, 5.74) is 4.40. The van der Waals surface area contributed by atoms with E-state index in [1.54, 1.807) is 13.1 Å². The average molecular weight is 496 g/mol. The van der Waals surface area contributed by atoms with Crippen LogP contribution in [0.15, 0.2) is 23.2 Å². The molecule has 25 heavy (non-hydrogen) atoms. The number of nitrogens with one attached hydrogen (secondary N) is 2. The van der Waals surface area contributed by atoms with Crippen molar-refractivity contribution in [3.05, 3.63) is 50.8 Å². The van der Waals surface area contributed by atoms with Crippen molar-refractivity contribution >= 4 is 53.1 Å². The van der Waals surface area contributed by atoms with Crippen molar-refractivity contribution < 1.29 is 0 Å². The molecule has 1 aromatic heterocycles. The molecule has 0 aliphatic carbocycles. The number of hydrogen-bond donors (Lipinski definition) is 2. The predicted octanol–water partition coefficient (Wildman–Crippen LogP) is 4.39. The standard InChI is InChI=1S/C17H23Cl2N5.HI/c1-10(13-6-7-15(18)16(19)8-13)22-17(20-4)21-9-14-11(2)23-24(5)12(14)3;/h6-8,10H,9H2,1-5H3,(H2,20,21,22);1H. The molecule has 0 radical (unpaired) electrons. The van der Waals surface area contributed by atoms with E-state index in [-0.39, 0.29) is 30.0 Å². The summed E-state index contributed by atoms with van der Waals surface area (Å²) in [7, 11) is 3.70. The second-order valence-corrected chi connectivity index (χ2v) is 6.55. The molecule has 5 nitrogen and oxygen atoms in total. The summed E-state index contributed by atoms with van der Waals surface area (Å²) >= 11 is 12.1. The third-order valence-electron chi connectivity index (χ3n) is 4.11. The Hall–Kier alpha value is -0.990. The summed E-state index contributed by atoms with van der Waals surface area (Å²) in [4.78, 5) is 4.28. The van der Waals surface area contributed by atoms with Crippen LogP contribution in [0.25, 0.3) is 0 Å². The quantitative estimate of drug-likeness (QED) is 0.375. The van der Waals surface area contributed by atoms with E-state index in [1.165, 1.54) is 5.56 Å². The summed E-state index contributed by atoms with van der Waals surface area (Å²) in [6.45, 7) is 6.79. The van der Waals surface area contributed by atoms with E-state index in [1.807, 2.05) is 37.7 Å². The van der Waals surface area contributed by atoms with Crippen LogP contribution in [0.5, 0.6) is 0 Å². The molecule has 0 fully saturated rings. The molecule has 0 spiro atoms.